The van der Waals surface area contributed by atoms with Gasteiger partial charge in [-0.2, -0.15) is 0 Å². The minimum atomic E-state index is -0.469. The molecular weight excluding hydrogens is 128 g/mol. The van der Waals surface area contributed by atoms with E-state index in [1.54, 1.807) is 0 Å². The molecule has 2 heteroatoms. The van der Waals surface area contributed by atoms with Gasteiger partial charge in [0.1, 0.15) is 0 Å². The third-order valence-corrected chi connectivity index (χ3v) is 1.35. The van der Waals surface area contributed by atoms with Crippen LogP contribution in [-0.4, -0.2) is 19.0 Å². The van der Waals surface area contributed by atoms with Gasteiger partial charge in [-0.1, -0.05) is 0 Å². The number of hydrogen-bond acceptors (Lipinski definition) is 2. The van der Waals surface area contributed by atoms with Crippen LogP contribution in [0.15, 0.2) is 0 Å². The minimum Gasteiger partial charge on any atom is -0.351 e. The van der Waals surface area contributed by atoms with Crippen molar-refractivity contribution in [1.82, 2.24) is 0 Å². The Morgan fingerprint density at radius 2 is 1.60 bits per heavy atom. The van der Waals surface area contributed by atoms with Crippen LogP contribution in [0.4, 0.5) is 0 Å². The maximum atomic E-state index is 5.33. The fraction of sp³-hybridized carbons (Fsp3) is 0.875. The topological polar surface area (TPSA) is 18.5 Å². The Labute approximate surface area is 63.5 Å². The Bertz CT molecular complexity index is 75.3. The van der Waals surface area contributed by atoms with Gasteiger partial charge in [-0.05, 0) is 27.7 Å². The molecule has 1 radical (unpaired) electrons. The van der Waals surface area contributed by atoms with Gasteiger partial charge >= 0.3 is 0 Å². The summed E-state index contributed by atoms with van der Waals surface area (Å²) < 4.78 is 10.7. The number of hydrogen-bond donors (Lipinski definition) is 0. The highest BCUT2D eigenvalue weighted by Crippen LogP contribution is 2.15. The van der Waals surface area contributed by atoms with Gasteiger partial charge in [0.05, 0.1) is 0 Å². The molecule has 0 unspecified atom stereocenters. The first-order chi connectivity index (χ1) is 4.68. The molecule has 0 spiro atoms. The third kappa shape index (κ3) is 3.18. The zero-order valence-electron chi connectivity index (χ0n) is 7.14. The van der Waals surface area contributed by atoms with E-state index in [0.29, 0.717) is 19.6 Å². The molecule has 0 heterocycles. The van der Waals surface area contributed by atoms with Crippen LogP contribution in [0.5, 0.6) is 0 Å². The van der Waals surface area contributed by atoms with Crippen molar-refractivity contribution >= 4 is 0 Å². The summed E-state index contributed by atoms with van der Waals surface area (Å²) >= 11 is 0. The van der Waals surface area contributed by atoms with Crippen LogP contribution < -0.4 is 0 Å². The van der Waals surface area contributed by atoms with Crippen molar-refractivity contribution in [3.05, 3.63) is 6.92 Å². The number of ether oxygens (including phenoxy) is 2. The van der Waals surface area contributed by atoms with Crippen molar-refractivity contribution in [3.8, 4) is 0 Å². The second-order valence-electron chi connectivity index (χ2n) is 2.25. The van der Waals surface area contributed by atoms with E-state index in [1.165, 1.54) is 0 Å². The van der Waals surface area contributed by atoms with Crippen molar-refractivity contribution in [2.75, 3.05) is 13.2 Å². The quantitative estimate of drug-likeness (QED) is 0.551. The van der Waals surface area contributed by atoms with Crippen molar-refractivity contribution in [1.29, 1.82) is 0 Å². The molecule has 0 aromatic heterocycles. The van der Waals surface area contributed by atoms with E-state index in [9.17, 15) is 0 Å². The van der Waals surface area contributed by atoms with Gasteiger partial charge in [0.25, 0.3) is 0 Å². The lowest BCUT2D eigenvalue weighted by atomic mass is 10.2. The van der Waals surface area contributed by atoms with Gasteiger partial charge in [0, 0.05) is 19.6 Å². The molecule has 0 aliphatic rings. The van der Waals surface area contributed by atoms with E-state index in [-0.39, 0.29) is 0 Å². The van der Waals surface area contributed by atoms with E-state index >= 15 is 0 Å². The molecule has 0 fully saturated rings. The monoisotopic (exact) mass is 145 g/mol. The maximum Gasteiger partial charge on any atom is 0.165 e. The van der Waals surface area contributed by atoms with Crippen molar-refractivity contribution < 1.29 is 9.47 Å². The van der Waals surface area contributed by atoms with Crippen molar-refractivity contribution in [2.24, 2.45) is 0 Å². The fourth-order valence-electron chi connectivity index (χ4n) is 0.797. The molecular formula is C8H17O2. The summed E-state index contributed by atoms with van der Waals surface area (Å²) in [6.07, 6.45) is 0.648. The maximum absolute atomic E-state index is 5.33. The second kappa shape index (κ2) is 4.69. The Kier molecular flexibility index (Phi) is 4.65. The Hall–Kier alpha value is -0.0800. The zero-order chi connectivity index (χ0) is 8.04. The van der Waals surface area contributed by atoms with Gasteiger partial charge in [-0.15, -0.1) is 0 Å². The number of rotatable bonds is 5. The van der Waals surface area contributed by atoms with Crippen LogP contribution >= 0.6 is 0 Å². The van der Waals surface area contributed by atoms with Gasteiger partial charge in [-0.25, -0.2) is 0 Å². The van der Waals surface area contributed by atoms with Crippen LogP contribution in [0.2, 0.25) is 0 Å². The summed E-state index contributed by atoms with van der Waals surface area (Å²) in [5.74, 6) is -0.469. The average molecular weight is 145 g/mol. The highest BCUT2D eigenvalue weighted by atomic mass is 16.7. The predicted molar refractivity (Wildman–Crippen MR) is 41.6 cm³/mol. The highest BCUT2D eigenvalue weighted by Gasteiger charge is 2.21. The molecule has 0 saturated carbocycles. The molecule has 0 rings (SSSR count). The van der Waals surface area contributed by atoms with E-state index in [2.05, 4.69) is 6.92 Å². The molecule has 61 valence electrons. The molecule has 0 aliphatic heterocycles. The lowest BCUT2D eigenvalue weighted by molar-refractivity contribution is -0.218. The normalized spacial score (nSPS) is 12.0. The largest absolute Gasteiger partial charge is 0.351 e. The molecule has 0 atom stereocenters. The van der Waals surface area contributed by atoms with Gasteiger partial charge in [-0.3, -0.25) is 0 Å². The first-order valence-electron chi connectivity index (χ1n) is 3.75. The Morgan fingerprint density at radius 3 is 1.80 bits per heavy atom. The van der Waals surface area contributed by atoms with E-state index in [1.807, 2.05) is 20.8 Å². The summed E-state index contributed by atoms with van der Waals surface area (Å²) in [5, 5.41) is 0. The van der Waals surface area contributed by atoms with Gasteiger partial charge < -0.3 is 9.47 Å². The van der Waals surface area contributed by atoms with Crippen LogP contribution in [0.25, 0.3) is 0 Å². The summed E-state index contributed by atoms with van der Waals surface area (Å²) in [4.78, 5) is 0. The fourth-order valence-corrected chi connectivity index (χ4v) is 0.797. The first kappa shape index (κ1) is 9.92. The first-order valence-corrected chi connectivity index (χ1v) is 3.75. The summed E-state index contributed by atoms with van der Waals surface area (Å²) in [7, 11) is 0. The standard InChI is InChI=1S/C8H17O2/c1-5-8(4,9-6-2)10-7-3/h1,5-7H2,2-4H3. The molecule has 0 aliphatic carbocycles. The predicted octanol–water partition coefficient (Wildman–Crippen LogP) is 2.00. The van der Waals surface area contributed by atoms with Crippen molar-refractivity contribution in [2.45, 2.75) is 33.0 Å². The lowest BCUT2D eigenvalue weighted by Crippen LogP contribution is -2.31. The zero-order valence-corrected chi connectivity index (χ0v) is 7.14. The molecule has 0 amide bonds. The molecule has 0 aromatic rings. The second-order valence-corrected chi connectivity index (χ2v) is 2.25. The highest BCUT2D eigenvalue weighted by molar-refractivity contribution is 4.63. The van der Waals surface area contributed by atoms with Crippen LogP contribution in [-0.2, 0) is 9.47 Å². The van der Waals surface area contributed by atoms with E-state index < -0.39 is 5.79 Å². The van der Waals surface area contributed by atoms with E-state index in [4.69, 9.17) is 9.47 Å². The van der Waals surface area contributed by atoms with Crippen LogP contribution in [0.3, 0.4) is 0 Å². The molecule has 0 N–H and O–H groups in total. The summed E-state index contributed by atoms with van der Waals surface area (Å²) in [6, 6.07) is 0. The van der Waals surface area contributed by atoms with Crippen LogP contribution in [0.1, 0.15) is 27.2 Å². The van der Waals surface area contributed by atoms with Gasteiger partial charge in [0.15, 0.2) is 5.79 Å². The summed E-state index contributed by atoms with van der Waals surface area (Å²) in [6.45, 7) is 10.9. The van der Waals surface area contributed by atoms with Crippen molar-refractivity contribution in [3.63, 3.8) is 0 Å². The van der Waals surface area contributed by atoms with Gasteiger partial charge in [0.2, 0.25) is 0 Å². The Balaban J connectivity index is 3.69. The minimum absolute atomic E-state index is 0.469. The molecule has 0 aromatic carbocycles. The molecule has 0 bridgehead atoms. The van der Waals surface area contributed by atoms with E-state index in [0.717, 1.165) is 0 Å². The van der Waals surface area contributed by atoms with Crippen LogP contribution in [0, 0.1) is 6.92 Å². The molecule has 0 saturated heterocycles. The SMILES string of the molecule is [CH2]CC(C)(OCC)OCC. The molecule has 10 heavy (non-hydrogen) atoms. The lowest BCUT2D eigenvalue weighted by Gasteiger charge is -2.27. The summed E-state index contributed by atoms with van der Waals surface area (Å²) in [5.41, 5.74) is 0. The average Bonchev–Trinajstić information content (AvgIpc) is 1.89. The Morgan fingerprint density at radius 1 is 1.20 bits per heavy atom. The smallest absolute Gasteiger partial charge is 0.165 e. The molecule has 2 nitrogen and oxygen atoms in total. The third-order valence-electron chi connectivity index (χ3n) is 1.35.